The third-order valence-electron chi connectivity index (χ3n) is 3.64. The zero-order valence-electron chi connectivity index (χ0n) is 9.45. The first kappa shape index (κ1) is 10.7. The van der Waals surface area contributed by atoms with Crippen LogP contribution >= 0.6 is 0 Å². The molecule has 1 heterocycles. The van der Waals surface area contributed by atoms with Crippen LogP contribution in [0.2, 0.25) is 0 Å². The van der Waals surface area contributed by atoms with Crippen LogP contribution in [0.25, 0.3) is 0 Å². The maximum Gasteiger partial charge on any atom is 0.0806 e. The van der Waals surface area contributed by atoms with Gasteiger partial charge >= 0.3 is 0 Å². The first-order valence-electron chi connectivity index (χ1n) is 5.93. The third-order valence-corrected chi connectivity index (χ3v) is 3.64. The van der Waals surface area contributed by atoms with Gasteiger partial charge in [-0.3, -0.25) is 4.90 Å². The Balaban J connectivity index is 1.98. The molecule has 0 bridgehead atoms. The molecule has 3 heteroatoms. The quantitative estimate of drug-likeness (QED) is 0.430. The summed E-state index contributed by atoms with van der Waals surface area (Å²) in [7, 11) is 0. The van der Waals surface area contributed by atoms with E-state index in [1.807, 2.05) is 6.92 Å². The molecule has 1 fully saturated rings. The molecule has 0 atom stereocenters. The first-order valence-corrected chi connectivity index (χ1v) is 5.93. The molecule has 1 N–H and O–H groups in total. The Kier molecular flexibility index (Phi) is 3.41. The number of nitrogens with zero attached hydrogens (tertiary/aromatic N) is 2. The van der Waals surface area contributed by atoms with Gasteiger partial charge in [-0.25, -0.2) is 0 Å². The Morgan fingerprint density at radius 2 is 2.20 bits per heavy atom. The molecule has 1 saturated carbocycles. The minimum atomic E-state index is 0.776. The molecule has 2 rings (SSSR count). The van der Waals surface area contributed by atoms with Gasteiger partial charge in [0.1, 0.15) is 0 Å². The summed E-state index contributed by atoms with van der Waals surface area (Å²) in [6.45, 7) is 4.03. The lowest BCUT2D eigenvalue weighted by atomic mass is 10.0. The van der Waals surface area contributed by atoms with Crippen molar-refractivity contribution < 1.29 is 5.21 Å². The van der Waals surface area contributed by atoms with Crippen molar-refractivity contribution in [2.45, 2.75) is 45.1 Å². The number of hydrogen-bond acceptors (Lipinski definition) is 3. The highest BCUT2D eigenvalue weighted by Crippen LogP contribution is 2.26. The molecular weight excluding hydrogens is 188 g/mol. The van der Waals surface area contributed by atoms with Crippen LogP contribution in [0.3, 0.4) is 0 Å². The molecule has 0 amide bonds. The van der Waals surface area contributed by atoms with Crippen molar-refractivity contribution in [2.24, 2.45) is 5.16 Å². The number of hydrogen-bond donors (Lipinski definition) is 1. The van der Waals surface area contributed by atoms with E-state index in [1.54, 1.807) is 0 Å². The normalized spacial score (nSPS) is 25.7. The molecule has 0 radical (unpaired) electrons. The second-order valence-electron chi connectivity index (χ2n) is 4.61. The molecular formula is C12H20N2O. The van der Waals surface area contributed by atoms with Crippen LogP contribution in [0.15, 0.2) is 16.8 Å². The van der Waals surface area contributed by atoms with Crippen molar-refractivity contribution >= 4 is 5.71 Å². The third kappa shape index (κ3) is 2.40. The van der Waals surface area contributed by atoms with E-state index in [1.165, 1.54) is 37.8 Å². The van der Waals surface area contributed by atoms with Crippen molar-refractivity contribution in [2.75, 3.05) is 13.1 Å². The van der Waals surface area contributed by atoms with E-state index in [2.05, 4.69) is 16.1 Å². The Morgan fingerprint density at radius 3 is 2.87 bits per heavy atom. The maximum atomic E-state index is 8.77. The maximum absolute atomic E-state index is 8.77. The molecule has 3 nitrogen and oxygen atoms in total. The van der Waals surface area contributed by atoms with Crippen LogP contribution in [-0.4, -0.2) is 35.0 Å². The average Bonchev–Trinajstić information content (AvgIpc) is 2.82. The largest absolute Gasteiger partial charge is 0.411 e. The van der Waals surface area contributed by atoms with E-state index >= 15 is 0 Å². The van der Waals surface area contributed by atoms with Crippen molar-refractivity contribution in [1.29, 1.82) is 0 Å². The van der Waals surface area contributed by atoms with Gasteiger partial charge in [-0.1, -0.05) is 24.1 Å². The summed E-state index contributed by atoms with van der Waals surface area (Å²) in [6, 6.07) is 0.778. The van der Waals surface area contributed by atoms with Gasteiger partial charge in [0, 0.05) is 19.1 Å². The average molecular weight is 208 g/mol. The van der Waals surface area contributed by atoms with Gasteiger partial charge in [0.2, 0.25) is 0 Å². The van der Waals surface area contributed by atoms with E-state index in [9.17, 15) is 0 Å². The molecule has 15 heavy (non-hydrogen) atoms. The molecule has 2 aliphatic rings. The number of oxime groups is 1. The van der Waals surface area contributed by atoms with Crippen molar-refractivity contribution in [3.05, 3.63) is 11.6 Å². The van der Waals surface area contributed by atoms with Crippen LogP contribution in [0.4, 0.5) is 0 Å². The molecule has 0 spiro atoms. The summed E-state index contributed by atoms with van der Waals surface area (Å²) in [5.41, 5.74) is 1.98. The second kappa shape index (κ2) is 4.79. The van der Waals surface area contributed by atoms with Crippen molar-refractivity contribution in [3.8, 4) is 0 Å². The summed E-state index contributed by atoms with van der Waals surface area (Å²) in [4.78, 5) is 2.55. The summed E-state index contributed by atoms with van der Waals surface area (Å²) >= 11 is 0. The smallest absolute Gasteiger partial charge is 0.0806 e. The van der Waals surface area contributed by atoms with Crippen molar-refractivity contribution in [1.82, 2.24) is 4.90 Å². The fourth-order valence-corrected chi connectivity index (χ4v) is 2.67. The molecule has 0 aromatic rings. The Labute approximate surface area is 91.5 Å². The SMILES string of the molecule is CC(=NO)C1=CCCN(C2CCCC2)C1. The van der Waals surface area contributed by atoms with Gasteiger partial charge in [0.15, 0.2) is 0 Å². The molecule has 1 aliphatic heterocycles. The van der Waals surface area contributed by atoms with E-state index < -0.39 is 0 Å². The lowest BCUT2D eigenvalue weighted by Crippen LogP contribution is -2.38. The minimum Gasteiger partial charge on any atom is -0.411 e. The van der Waals surface area contributed by atoms with Crippen LogP contribution in [-0.2, 0) is 0 Å². The minimum absolute atomic E-state index is 0.776. The Hall–Kier alpha value is -0.830. The monoisotopic (exact) mass is 208 g/mol. The van der Waals surface area contributed by atoms with E-state index in [4.69, 9.17) is 5.21 Å². The van der Waals surface area contributed by atoms with Crippen molar-refractivity contribution in [3.63, 3.8) is 0 Å². The molecule has 0 aromatic carbocycles. The highest BCUT2D eigenvalue weighted by molar-refractivity contribution is 5.98. The van der Waals surface area contributed by atoms with Gasteiger partial charge in [-0.15, -0.1) is 0 Å². The van der Waals surface area contributed by atoms with E-state index in [0.717, 1.165) is 24.7 Å². The predicted octanol–water partition coefficient (Wildman–Crippen LogP) is 2.41. The molecule has 1 aliphatic carbocycles. The topological polar surface area (TPSA) is 35.8 Å². The zero-order chi connectivity index (χ0) is 10.7. The summed E-state index contributed by atoms with van der Waals surface area (Å²) in [5.74, 6) is 0. The lowest BCUT2D eigenvalue weighted by Gasteiger charge is -2.32. The van der Waals surface area contributed by atoms with Crippen LogP contribution in [0.1, 0.15) is 39.0 Å². The van der Waals surface area contributed by atoms with E-state index in [-0.39, 0.29) is 0 Å². The summed E-state index contributed by atoms with van der Waals surface area (Å²) in [5, 5.41) is 12.1. The molecule has 0 unspecified atom stereocenters. The Morgan fingerprint density at radius 1 is 1.47 bits per heavy atom. The predicted molar refractivity (Wildman–Crippen MR) is 61.4 cm³/mol. The van der Waals surface area contributed by atoms with Gasteiger partial charge < -0.3 is 5.21 Å². The van der Waals surface area contributed by atoms with E-state index in [0.29, 0.717) is 0 Å². The van der Waals surface area contributed by atoms with Gasteiger partial charge in [-0.2, -0.15) is 0 Å². The Bertz CT molecular complexity index is 277. The lowest BCUT2D eigenvalue weighted by molar-refractivity contribution is 0.213. The highest BCUT2D eigenvalue weighted by atomic mass is 16.4. The summed E-state index contributed by atoms with van der Waals surface area (Å²) in [6.07, 6.45) is 8.77. The zero-order valence-corrected chi connectivity index (χ0v) is 9.45. The molecule has 0 saturated heterocycles. The number of rotatable bonds is 2. The van der Waals surface area contributed by atoms with Crippen LogP contribution < -0.4 is 0 Å². The van der Waals surface area contributed by atoms with Gasteiger partial charge in [0.25, 0.3) is 0 Å². The van der Waals surface area contributed by atoms with Gasteiger partial charge in [0.05, 0.1) is 5.71 Å². The second-order valence-corrected chi connectivity index (χ2v) is 4.61. The van der Waals surface area contributed by atoms with Crippen LogP contribution in [0, 0.1) is 0 Å². The molecule has 0 aromatic heterocycles. The van der Waals surface area contributed by atoms with Crippen LogP contribution in [0.5, 0.6) is 0 Å². The standard InChI is InChI=1S/C12H20N2O/c1-10(13-15)11-5-4-8-14(9-11)12-6-2-3-7-12/h5,12,15H,2-4,6-9H2,1H3. The molecule has 84 valence electrons. The fourth-order valence-electron chi connectivity index (χ4n) is 2.67. The first-order chi connectivity index (χ1) is 7.31. The summed E-state index contributed by atoms with van der Waals surface area (Å²) < 4.78 is 0. The highest BCUT2D eigenvalue weighted by Gasteiger charge is 2.25. The fraction of sp³-hybridized carbons (Fsp3) is 0.750. The van der Waals surface area contributed by atoms with Gasteiger partial charge in [-0.05, 0) is 31.8 Å².